The van der Waals surface area contributed by atoms with Gasteiger partial charge in [-0.25, -0.2) is 4.98 Å². The van der Waals surface area contributed by atoms with Crippen molar-refractivity contribution in [1.82, 2.24) is 4.98 Å². The topological polar surface area (TPSA) is 28.2 Å². The lowest BCUT2D eigenvalue weighted by Crippen LogP contribution is -2.21. The lowest BCUT2D eigenvalue weighted by atomic mass is 10.1. The number of hydrogen-bond donors (Lipinski definition) is 1. The van der Waals surface area contributed by atoms with Gasteiger partial charge in [-0.15, -0.1) is 11.3 Å². The van der Waals surface area contributed by atoms with Crippen LogP contribution in [-0.2, 0) is 6.54 Å². The molecule has 1 heterocycles. The molecule has 1 aromatic carbocycles. The second-order valence-corrected chi connectivity index (χ2v) is 6.03. The first-order valence-corrected chi connectivity index (χ1v) is 7.96. The van der Waals surface area contributed by atoms with Crippen molar-refractivity contribution >= 4 is 22.2 Å². The fraction of sp³-hybridized carbons (Fsp3) is 0.438. The van der Waals surface area contributed by atoms with Gasteiger partial charge in [-0.05, 0) is 51.0 Å². The van der Waals surface area contributed by atoms with E-state index in [-0.39, 0.29) is 0 Å². The van der Waals surface area contributed by atoms with Gasteiger partial charge in [-0.2, -0.15) is 0 Å². The van der Waals surface area contributed by atoms with Crippen molar-refractivity contribution < 1.29 is 0 Å². The van der Waals surface area contributed by atoms with E-state index in [0.29, 0.717) is 0 Å². The molecule has 0 fully saturated rings. The molecule has 3 nitrogen and oxygen atoms in total. The monoisotopic (exact) mass is 289 g/mol. The van der Waals surface area contributed by atoms with E-state index >= 15 is 0 Å². The number of rotatable bonds is 6. The molecule has 2 rings (SSSR count). The molecule has 108 valence electrons. The molecular formula is C16H23N3S. The predicted molar refractivity (Wildman–Crippen MR) is 88.9 cm³/mol. The Labute approximate surface area is 125 Å². The molecule has 0 atom stereocenters. The van der Waals surface area contributed by atoms with Crippen molar-refractivity contribution in [2.45, 2.75) is 34.2 Å². The zero-order chi connectivity index (χ0) is 14.5. The molecule has 0 amide bonds. The number of nitrogens with zero attached hydrogens (tertiary/aromatic N) is 2. The molecule has 0 aliphatic rings. The third kappa shape index (κ3) is 3.51. The van der Waals surface area contributed by atoms with E-state index in [1.165, 1.54) is 21.7 Å². The van der Waals surface area contributed by atoms with Gasteiger partial charge in [0.15, 0.2) is 5.13 Å². The molecule has 0 bridgehead atoms. The summed E-state index contributed by atoms with van der Waals surface area (Å²) in [6.45, 7) is 11.5. The van der Waals surface area contributed by atoms with Gasteiger partial charge < -0.3 is 10.2 Å². The maximum Gasteiger partial charge on any atom is 0.185 e. The van der Waals surface area contributed by atoms with Crippen molar-refractivity contribution in [3.05, 3.63) is 40.4 Å². The van der Waals surface area contributed by atoms with Crippen molar-refractivity contribution in [3.8, 4) is 0 Å². The zero-order valence-electron chi connectivity index (χ0n) is 12.7. The summed E-state index contributed by atoms with van der Waals surface area (Å²) in [5, 5.41) is 4.59. The first-order chi connectivity index (χ1) is 9.63. The van der Waals surface area contributed by atoms with Gasteiger partial charge in [0.1, 0.15) is 0 Å². The van der Waals surface area contributed by atoms with Gasteiger partial charge >= 0.3 is 0 Å². The van der Waals surface area contributed by atoms with E-state index in [2.05, 4.69) is 61.1 Å². The second-order valence-electron chi connectivity index (χ2n) is 4.93. The van der Waals surface area contributed by atoms with Crippen LogP contribution in [0.3, 0.4) is 0 Å². The van der Waals surface area contributed by atoms with Crippen LogP contribution in [0.1, 0.15) is 29.9 Å². The van der Waals surface area contributed by atoms with Gasteiger partial charge in [0.25, 0.3) is 0 Å². The minimum absolute atomic E-state index is 0.835. The lowest BCUT2D eigenvalue weighted by molar-refractivity contribution is 0.860. The first-order valence-electron chi connectivity index (χ1n) is 7.14. The molecule has 0 radical (unpaired) electrons. The maximum absolute atomic E-state index is 4.51. The van der Waals surface area contributed by atoms with E-state index in [4.69, 9.17) is 0 Å². The number of thiazole rings is 1. The van der Waals surface area contributed by atoms with Crippen LogP contribution in [-0.4, -0.2) is 18.1 Å². The quantitative estimate of drug-likeness (QED) is 0.863. The summed E-state index contributed by atoms with van der Waals surface area (Å²) < 4.78 is 0. The van der Waals surface area contributed by atoms with Crippen LogP contribution in [0, 0.1) is 13.8 Å². The minimum atomic E-state index is 0.835. The Morgan fingerprint density at radius 3 is 2.55 bits per heavy atom. The average Bonchev–Trinajstić information content (AvgIpc) is 2.90. The highest BCUT2D eigenvalue weighted by molar-refractivity contribution is 7.15. The van der Waals surface area contributed by atoms with Crippen LogP contribution in [0.4, 0.5) is 10.8 Å². The van der Waals surface area contributed by atoms with Crippen molar-refractivity contribution in [2.75, 3.05) is 23.3 Å². The van der Waals surface area contributed by atoms with E-state index in [0.717, 1.165) is 24.8 Å². The molecule has 0 aliphatic carbocycles. The molecular weight excluding hydrogens is 266 g/mol. The van der Waals surface area contributed by atoms with Gasteiger partial charge in [0.2, 0.25) is 0 Å². The largest absolute Gasteiger partial charge is 0.380 e. The van der Waals surface area contributed by atoms with E-state index in [1.807, 2.05) is 6.20 Å². The summed E-state index contributed by atoms with van der Waals surface area (Å²) in [5.74, 6) is 0. The van der Waals surface area contributed by atoms with Crippen LogP contribution in [0.5, 0.6) is 0 Å². The summed E-state index contributed by atoms with van der Waals surface area (Å²) in [6, 6.07) is 6.49. The number of aromatic nitrogens is 1. The second kappa shape index (κ2) is 6.75. The lowest BCUT2D eigenvalue weighted by Gasteiger charge is -2.16. The number of hydrogen-bond acceptors (Lipinski definition) is 4. The molecule has 20 heavy (non-hydrogen) atoms. The number of nitrogens with one attached hydrogen (secondary N) is 1. The highest BCUT2D eigenvalue weighted by Crippen LogP contribution is 2.23. The van der Waals surface area contributed by atoms with Gasteiger partial charge in [-0.3, -0.25) is 0 Å². The molecule has 0 saturated carbocycles. The van der Waals surface area contributed by atoms with Crippen LogP contribution in [0.25, 0.3) is 0 Å². The SMILES string of the molecule is CCN(CC)c1ncc(CNc2ccc(C)c(C)c2)s1. The normalized spacial score (nSPS) is 10.6. The molecule has 1 N–H and O–H groups in total. The number of aryl methyl sites for hydroxylation is 2. The Balaban J connectivity index is 1.98. The van der Waals surface area contributed by atoms with Crippen molar-refractivity contribution in [2.24, 2.45) is 0 Å². The predicted octanol–water partition coefficient (Wildman–Crippen LogP) is 4.22. The summed E-state index contributed by atoms with van der Waals surface area (Å²) in [5.41, 5.74) is 3.83. The maximum atomic E-state index is 4.51. The van der Waals surface area contributed by atoms with E-state index < -0.39 is 0 Å². The van der Waals surface area contributed by atoms with Crippen LogP contribution in [0.15, 0.2) is 24.4 Å². The molecule has 0 spiro atoms. The first kappa shape index (κ1) is 14.9. The standard InChI is InChI=1S/C16H23N3S/c1-5-19(6-2)16-18-11-15(20-16)10-17-14-8-7-12(3)13(4)9-14/h7-9,11,17H,5-6,10H2,1-4H3. The third-order valence-electron chi connectivity index (χ3n) is 3.55. The Morgan fingerprint density at radius 1 is 1.15 bits per heavy atom. The number of benzene rings is 1. The third-order valence-corrected chi connectivity index (χ3v) is 4.61. The Morgan fingerprint density at radius 2 is 1.90 bits per heavy atom. The fourth-order valence-corrected chi connectivity index (χ4v) is 3.04. The Kier molecular flexibility index (Phi) is 5.01. The molecule has 4 heteroatoms. The Bertz CT molecular complexity index is 559. The summed E-state index contributed by atoms with van der Waals surface area (Å²) in [7, 11) is 0. The smallest absolute Gasteiger partial charge is 0.185 e. The number of anilines is 2. The van der Waals surface area contributed by atoms with Crippen molar-refractivity contribution in [1.29, 1.82) is 0 Å². The molecule has 2 aromatic rings. The van der Waals surface area contributed by atoms with Gasteiger partial charge in [-0.1, -0.05) is 6.07 Å². The minimum Gasteiger partial charge on any atom is -0.380 e. The van der Waals surface area contributed by atoms with Crippen molar-refractivity contribution in [3.63, 3.8) is 0 Å². The van der Waals surface area contributed by atoms with Crippen LogP contribution in [0.2, 0.25) is 0 Å². The zero-order valence-corrected chi connectivity index (χ0v) is 13.5. The van der Waals surface area contributed by atoms with E-state index in [1.54, 1.807) is 11.3 Å². The van der Waals surface area contributed by atoms with E-state index in [9.17, 15) is 0 Å². The summed E-state index contributed by atoms with van der Waals surface area (Å²) in [6.07, 6.45) is 1.98. The fourth-order valence-electron chi connectivity index (χ4n) is 2.06. The van der Waals surface area contributed by atoms with Crippen LogP contribution >= 0.6 is 11.3 Å². The highest BCUT2D eigenvalue weighted by Gasteiger charge is 2.07. The summed E-state index contributed by atoms with van der Waals surface area (Å²) >= 11 is 1.77. The van der Waals surface area contributed by atoms with Gasteiger partial charge in [0.05, 0.1) is 6.54 Å². The molecule has 0 saturated heterocycles. The highest BCUT2D eigenvalue weighted by atomic mass is 32.1. The Hall–Kier alpha value is -1.55. The molecule has 0 aliphatic heterocycles. The molecule has 0 unspecified atom stereocenters. The molecule has 1 aromatic heterocycles. The van der Waals surface area contributed by atoms with Crippen LogP contribution < -0.4 is 10.2 Å². The average molecular weight is 289 g/mol. The van der Waals surface area contributed by atoms with Gasteiger partial charge in [0, 0.05) is 29.9 Å². The summed E-state index contributed by atoms with van der Waals surface area (Å²) in [4.78, 5) is 8.06.